The first-order valence-corrected chi connectivity index (χ1v) is 6.43. The highest BCUT2D eigenvalue weighted by Crippen LogP contribution is 2.10. The molecule has 1 aromatic carbocycles. The average molecular weight is 240 g/mol. The van der Waals surface area contributed by atoms with Gasteiger partial charge in [-0.15, -0.1) is 0 Å². The van der Waals surface area contributed by atoms with E-state index in [1.807, 2.05) is 31.2 Å². The Morgan fingerprint density at radius 2 is 1.94 bits per heavy atom. The van der Waals surface area contributed by atoms with Crippen molar-refractivity contribution in [2.75, 3.05) is 5.75 Å². The highest BCUT2D eigenvalue weighted by molar-refractivity contribution is 7.85. The van der Waals surface area contributed by atoms with Crippen molar-refractivity contribution in [3.63, 3.8) is 0 Å². The Labute approximate surface area is 98.3 Å². The predicted molar refractivity (Wildman–Crippen MR) is 63.7 cm³/mol. The Kier molecular flexibility index (Phi) is 4.68. The van der Waals surface area contributed by atoms with Crippen molar-refractivity contribution < 1.29 is 13.7 Å². The van der Waals surface area contributed by atoms with Crippen LogP contribution in [0.4, 0.5) is 0 Å². The van der Waals surface area contributed by atoms with E-state index in [1.165, 1.54) is 6.92 Å². The lowest BCUT2D eigenvalue weighted by molar-refractivity contribution is -0.144. The zero-order valence-electron chi connectivity index (χ0n) is 9.73. The minimum absolute atomic E-state index is 0.320. The number of carbonyl (C=O) groups excluding carboxylic acids is 1. The lowest BCUT2D eigenvalue weighted by Gasteiger charge is -2.11. The van der Waals surface area contributed by atoms with Gasteiger partial charge in [-0.25, -0.2) is 0 Å². The number of benzene rings is 1. The van der Waals surface area contributed by atoms with Gasteiger partial charge in [-0.2, -0.15) is 0 Å². The molecule has 0 bridgehead atoms. The number of aryl methyl sites for hydroxylation is 1. The molecule has 0 radical (unpaired) electrons. The summed E-state index contributed by atoms with van der Waals surface area (Å²) in [6, 6.07) is 7.52. The van der Waals surface area contributed by atoms with Gasteiger partial charge in [0.15, 0.2) is 0 Å². The maximum absolute atomic E-state index is 11.9. The number of carbonyl (C=O) groups is 1. The van der Waals surface area contributed by atoms with Crippen LogP contribution in [0.3, 0.4) is 0 Å². The van der Waals surface area contributed by atoms with E-state index in [0.717, 1.165) is 10.5 Å². The molecule has 0 heterocycles. The van der Waals surface area contributed by atoms with Crippen LogP contribution in [0.2, 0.25) is 0 Å². The Balaban J connectivity index is 2.58. The molecular formula is C12H16O3S. The van der Waals surface area contributed by atoms with Crippen LogP contribution in [0.25, 0.3) is 0 Å². The molecule has 0 saturated heterocycles. The van der Waals surface area contributed by atoms with Crippen LogP contribution in [0.5, 0.6) is 0 Å². The van der Waals surface area contributed by atoms with Crippen molar-refractivity contribution >= 4 is 16.8 Å². The molecule has 0 saturated carbocycles. The molecular weight excluding hydrogens is 224 g/mol. The third-order valence-electron chi connectivity index (χ3n) is 2.04. The van der Waals surface area contributed by atoms with Crippen LogP contribution in [0, 0.1) is 6.92 Å². The molecule has 2 atom stereocenters. The first-order valence-electron chi connectivity index (χ1n) is 5.11. The van der Waals surface area contributed by atoms with E-state index in [0.29, 0.717) is 5.75 Å². The second-order valence-corrected chi connectivity index (χ2v) is 5.24. The molecule has 16 heavy (non-hydrogen) atoms. The summed E-state index contributed by atoms with van der Waals surface area (Å²) in [4.78, 5) is 11.5. The van der Waals surface area contributed by atoms with Crippen molar-refractivity contribution in [1.29, 1.82) is 0 Å². The lowest BCUT2D eigenvalue weighted by Crippen LogP contribution is -2.19. The van der Waals surface area contributed by atoms with Crippen molar-refractivity contribution in [3.05, 3.63) is 29.8 Å². The molecule has 0 amide bonds. The van der Waals surface area contributed by atoms with Gasteiger partial charge in [-0.05, 0) is 26.0 Å². The Hall–Kier alpha value is -1.16. The van der Waals surface area contributed by atoms with E-state index in [9.17, 15) is 9.00 Å². The lowest BCUT2D eigenvalue weighted by atomic mass is 10.2. The van der Waals surface area contributed by atoms with Gasteiger partial charge in [0.2, 0.25) is 0 Å². The van der Waals surface area contributed by atoms with E-state index in [2.05, 4.69) is 0 Å². The van der Waals surface area contributed by atoms with Gasteiger partial charge in [-0.1, -0.05) is 17.7 Å². The summed E-state index contributed by atoms with van der Waals surface area (Å²) < 4.78 is 16.8. The quantitative estimate of drug-likeness (QED) is 0.757. The van der Waals surface area contributed by atoms with Crippen molar-refractivity contribution in [2.45, 2.75) is 31.8 Å². The average Bonchev–Trinajstić information content (AvgIpc) is 2.16. The maximum Gasteiger partial charge on any atom is 0.302 e. The van der Waals surface area contributed by atoms with Crippen LogP contribution >= 0.6 is 0 Å². The Morgan fingerprint density at radius 1 is 1.38 bits per heavy atom. The Bertz CT molecular complexity index is 384. The summed E-state index contributed by atoms with van der Waals surface area (Å²) in [5.74, 6) is -0.00349. The zero-order chi connectivity index (χ0) is 12.1. The number of hydrogen-bond donors (Lipinski definition) is 0. The number of rotatable bonds is 4. The van der Waals surface area contributed by atoms with Gasteiger partial charge in [0.1, 0.15) is 6.10 Å². The number of hydrogen-bond acceptors (Lipinski definition) is 3. The highest BCUT2D eigenvalue weighted by atomic mass is 32.2. The SMILES string of the molecule is CC(=O)O[C@@H](C)C[S@@](=O)c1ccc(C)cc1. The summed E-state index contributed by atoms with van der Waals surface area (Å²) >= 11 is 0. The normalized spacial score (nSPS) is 14.2. The fourth-order valence-corrected chi connectivity index (χ4v) is 2.44. The van der Waals surface area contributed by atoms with E-state index < -0.39 is 10.8 Å². The minimum atomic E-state index is -1.12. The van der Waals surface area contributed by atoms with Gasteiger partial charge < -0.3 is 4.74 Å². The fraction of sp³-hybridized carbons (Fsp3) is 0.417. The van der Waals surface area contributed by atoms with Crippen LogP contribution in [0.15, 0.2) is 29.2 Å². The number of esters is 1. The molecule has 0 aliphatic rings. The largest absolute Gasteiger partial charge is 0.462 e. The van der Waals surface area contributed by atoms with E-state index in [1.54, 1.807) is 6.92 Å². The van der Waals surface area contributed by atoms with E-state index >= 15 is 0 Å². The molecule has 0 aliphatic carbocycles. The second kappa shape index (κ2) is 5.80. The minimum Gasteiger partial charge on any atom is -0.462 e. The van der Waals surface area contributed by atoms with Crippen molar-refractivity contribution in [3.8, 4) is 0 Å². The summed E-state index contributed by atoms with van der Waals surface area (Å²) in [6.07, 6.45) is -0.320. The fourth-order valence-electron chi connectivity index (χ4n) is 1.32. The summed E-state index contributed by atoms with van der Waals surface area (Å²) in [7, 11) is -1.12. The highest BCUT2D eigenvalue weighted by Gasteiger charge is 2.11. The topological polar surface area (TPSA) is 43.4 Å². The van der Waals surface area contributed by atoms with Gasteiger partial charge >= 0.3 is 5.97 Å². The molecule has 88 valence electrons. The van der Waals surface area contributed by atoms with Crippen LogP contribution < -0.4 is 0 Å². The van der Waals surface area contributed by atoms with E-state index in [-0.39, 0.29) is 12.1 Å². The molecule has 4 heteroatoms. The van der Waals surface area contributed by atoms with Gasteiger partial charge in [0, 0.05) is 11.8 Å². The van der Waals surface area contributed by atoms with Gasteiger partial charge in [0.05, 0.1) is 16.6 Å². The van der Waals surface area contributed by atoms with Crippen molar-refractivity contribution in [1.82, 2.24) is 0 Å². The van der Waals surface area contributed by atoms with Gasteiger partial charge in [0.25, 0.3) is 0 Å². The van der Waals surface area contributed by atoms with Gasteiger partial charge in [-0.3, -0.25) is 9.00 Å². The van der Waals surface area contributed by atoms with Crippen molar-refractivity contribution in [2.24, 2.45) is 0 Å². The van der Waals surface area contributed by atoms with E-state index in [4.69, 9.17) is 4.74 Å². The second-order valence-electron chi connectivity index (χ2n) is 3.75. The summed E-state index contributed by atoms with van der Waals surface area (Å²) in [5, 5.41) is 0. The number of ether oxygens (including phenoxy) is 1. The molecule has 0 fully saturated rings. The third-order valence-corrected chi connectivity index (χ3v) is 3.61. The first kappa shape index (κ1) is 12.9. The van der Waals surface area contributed by atoms with Crippen LogP contribution in [0.1, 0.15) is 19.4 Å². The molecule has 0 unspecified atom stereocenters. The molecule has 1 aromatic rings. The summed E-state index contributed by atoms with van der Waals surface area (Å²) in [5.41, 5.74) is 1.13. The molecule has 0 aliphatic heterocycles. The standard InChI is InChI=1S/C12H16O3S/c1-9-4-6-12(7-5-9)16(14)8-10(2)15-11(3)13/h4-7,10H,8H2,1-3H3/t10-,16+/m0/s1. The molecule has 0 N–H and O–H groups in total. The summed E-state index contributed by atoms with van der Waals surface area (Å²) in [6.45, 7) is 5.08. The molecule has 3 nitrogen and oxygen atoms in total. The monoisotopic (exact) mass is 240 g/mol. The predicted octanol–water partition coefficient (Wildman–Crippen LogP) is 2.05. The Morgan fingerprint density at radius 3 is 2.44 bits per heavy atom. The smallest absolute Gasteiger partial charge is 0.302 e. The van der Waals surface area contributed by atoms with Crippen LogP contribution in [-0.2, 0) is 20.3 Å². The maximum atomic E-state index is 11.9. The molecule has 0 aromatic heterocycles. The zero-order valence-corrected chi connectivity index (χ0v) is 10.5. The first-order chi connectivity index (χ1) is 7.49. The molecule has 0 spiro atoms. The third kappa shape index (κ3) is 4.14. The van der Waals surface area contributed by atoms with Crippen LogP contribution in [-0.4, -0.2) is 22.0 Å². The molecule has 1 rings (SSSR count).